The Morgan fingerprint density at radius 1 is 1.15 bits per heavy atom. The third kappa shape index (κ3) is 3.76. The number of nitrogens with zero attached hydrogens (tertiary/aromatic N) is 1. The predicted molar refractivity (Wildman–Crippen MR) is 108 cm³/mol. The highest BCUT2D eigenvalue weighted by Crippen LogP contribution is 2.43. The van der Waals surface area contributed by atoms with Crippen molar-refractivity contribution in [2.24, 2.45) is 0 Å². The first-order valence-electron chi connectivity index (χ1n) is 9.58. The Bertz CT molecular complexity index is 879. The average Bonchev–Trinajstić information content (AvgIpc) is 2.68. The molecule has 2 aliphatic heterocycles. The van der Waals surface area contributed by atoms with E-state index in [-0.39, 0.29) is 11.5 Å². The number of hydrogen-bond donors (Lipinski definition) is 1. The van der Waals surface area contributed by atoms with Crippen molar-refractivity contribution in [1.82, 2.24) is 10.2 Å². The van der Waals surface area contributed by atoms with E-state index in [2.05, 4.69) is 65.8 Å². The van der Waals surface area contributed by atoms with Crippen molar-refractivity contribution in [3.8, 4) is 5.75 Å². The first-order valence-corrected chi connectivity index (χ1v) is 9.58. The lowest BCUT2D eigenvalue weighted by Crippen LogP contribution is -2.46. The van der Waals surface area contributed by atoms with E-state index in [4.69, 9.17) is 4.74 Å². The van der Waals surface area contributed by atoms with Gasteiger partial charge in [-0.1, -0.05) is 36.4 Å². The topological polar surface area (TPSA) is 41.6 Å². The van der Waals surface area contributed by atoms with Gasteiger partial charge in [0.15, 0.2) is 0 Å². The van der Waals surface area contributed by atoms with Crippen LogP contribution in [0.15, 0.2) is 54.6 Å². The smallest absolute Gasteiger partial charge is 0.217 e. The molecule has 27 heavy (non-hydrogen) atoms. The Balaban J connectivity index is 1.73. The molecule has 0 saturated carbocycles. The van der Waals surface area contributed by atoms with E-state index >= 15 is 0 Å². The SMILES string of the molecule is CC(=O)NCc1cccc(C2=CC3(CCN(C)CC3)Oc3ccccc32)c1. The highest BCUT2D eigenvalue weighted by molar-refractivity contribution is 5.85. The monoisotopic (exact) mass is 362 g/mol. The normalized spacial score (nSPS) is 18.4. The number of rotatable bonds is 3. The fraction of sp³-hybridized carbons (Fsp3) is 0.348. The van der Waals surface area contributed by atoms with Gasteiger partial charge in [0.1, 0.15) is 11.4 Å². The van der Waals surface area contributed by atoms with Crippen LogP contribution >= 0.6 is 0 Å². The standard InChI is InChI=1S/C23H26N2O2/c1-17(26)24-16-18-6-5-7-19(14-18)21-15-23(10-12-25(2)13-11-23)27-22-9-4-3-8-20(21)22/h3-9,14-15H,10-13,16H2,1-2H3,(H,24,26). The molecule has 1 saturated heterocycles. The number of piperidine rings is 1. The molecule has 2 aromatic rings. The van der Waals surface area contributed by atoms with E-state index in [9.17, 15) is 4.79 Å². The summed E-state index contributed by atoms with van der Waals surface area (Å²) < 4.78 is 6.51. The van der Waals surface area contributed by atoms with Gasteiger partial charge >= 0.3 is 0 Å². The molecule has 2 aromatic carbocycles. The minimum absolute atomic E-state index is 0.0127. The second-order valence-corrected chi connectivity index (χ2v) is 7.63. The van der Waals surface area contributed by atoms with Crippen molar-refractivity contribution in [3.63, 3.8) is 0 Å². The van der Waals surface area contributed by atoms with Crippen LogP contribution < -0.4 is 10.1 Å². The van der Waals surface area contributed by atoms with Gasteiger partial charge in [0.2, 0.25) is 5.91 Å². The third-order valence-electron chi connectivity index (χ3n) is 5.51. The number of nitrogens with one attached hydrogen (secondary N) is 1. The Hall–Kier alpha value is -2.59. The number of carbonyl (C=O) groups excluding carboxylic acids is 1. The summed E-state index contributed by atoms with van der Waals surface area (Å²) in [6.07, 6.45) is 4.32. The van der Waals surface area contributed by atoms with Crippen LogP contribution in [0.5, 0.6) is 5.75 Å². The largest absolute Gasteiger partial charge is 0.482 e. The summed E-state index contributed by atoms with van der Waals surface area (Å²) in [6, 6.07) is 16.7. The number of likely N-dealkylation sites (tertiary alicyclic amines) is 1. The maximum atomic E-state index is 11.3. The van der Waals surface area contributed by atoms with Crippen molar-refractivity contribution in [2.45, 2.75) is 31.9 Å². The molecule has 140 valence electrons. The minimum Gasteiger partial charge on any atom is -0.482 e. The van der Waals surface area contributed by atoms with Crippen molar-refractivity contribution < 1.29 is 9.53 Å². The van der Waals surface area contributed by atoms with Crippen LogP contribution in [0.3, 0.4) is 0 Å². The summed E-state index contributed by atoms with van der Waals surface area (Å²) in [7, 11) is 2.17. The molecule has 1 N–H and O–H groups in total. The second-order valence-electron chi connectivity index (χ2n) is 7.63. The van der Waals surface area contributed by atoms with E-state index in [0.717, 1.165) is 42.8 Å². The number of hydrogen-bond acceptors (Lipinski definition) is 3. The molecule has 1 spiro atoms. The number of benzene rings is 2. The zero-order valence-corrected chi connectivity index (χ0v) is 16.0. The number of para-hydroxylation sites is 1. The third-order valence-corrected chi connectivity index (χ3v) is 5.51. The van der Waals surface area contributed by atoms with Gasteiger partial charge in [-0.15, -0.1) is 0 Å². The molecule has 0 radical (unpaired) electrons. The minimum atomic E-state index is -0.232. The van der Waals surface area contributed by atoms with Gasteiger partial charge in [-0.3, -0.25) is 4.79 Å². The summed E-state index contributed by atoms with van der Waals surface area (Å²) in [4.78, 5) is 13.6. The van der Waals surface area contributed by atoms with Crippen molar-refractivity contribution in [2.75, 3.05) is 20.1 Å². The quantitative estimate of drug-likeness (QED) is 0.907. The number of fused-ring (bicyclic) bond motifs is 1. The molecule has 2 heterocycles. The summed E-state index contributed by atoms with van der Waals surface area (Å²) >= 11 is 0. The average molecular weight is 362 g/mol. The lowest BCUT2D eigenvalue weighted by Gasteiger charge is -2.42. The lowest BCUT2D eigenvalue weighted by atomic mass is 9.83. The highest BCUT2D eigenvalue weighted by atomic mass is 16.5. The molecule has 2 aliphatic rings. The van der Waals surface area contributed by atoms with E-state index in [1.54, 1.807) is 6.92 Å². The molecule has 0 bridgehead atoms. The molecule has 0 atom stereocenters. The molecule has 0 aliphatic carbocycles. The number of ether oxygens (including phenoxy) is 1. The van der Waals surface area contributed by atoms with Gasteiger partial charge < -0.3 is 15.0 Å². The van der Waals surface area contributed by atoms with Gasteiger partial charge in [0.25, 0.3) is 0 Å². The van der Waals surface area contributed by atoms with Crippen molar-refractivity contribution >= 4 is 11.5 Å². The molecule has 4 nitrogen and oxygen atoms in total. The molecular formula is C23H26N2O2. The molecule has 1 fully saturated rings. The number of amides is 1. The Morgan fingerprint density at radius 3 is 2.70 bits per heavy atom. The summed E-state index contributed by atoms with van der Waals surface area (Å²) in [6.45, 7) is 4.17. The van der Waals surface area contributed by atoms with Gasteiger partial charge in [0.05, 0.1) is 0 Å². The van der Waals surface area contributed by atoms with Gasteiger partial charge in [-0.05, 0) is 42.0 Å². The van der Waals surface area contributed by atoms with Crippen LogP contribution in [0.25, 0.3) is 5.57 Å². The van der Waals surface area contributed by atoms with E-state index < -0.39 is 0 Å². The fourth-order valence-corrected chi connectivity index (χ4v) is 3.93. The highest BCUT2D eigenvalue weighted by Gasteiger charge is 2.38. The predicted octanol–water partition coefficient (Wildman–Crippen LogP) is 3.61. The maximum Gasteiger partial charge on any atom is 0.217 e. The molecular weight excluding hydrogens is 336 g/mol. The van der Waals surface area contributed by atoms with Crippen molar-refractivity contribution in [3.05, 3.63) is 71.3 Å². The Labute approximate surface area is 160 Å². The molecule has 4 rings (SSSR count). The van der Waals surface area contributed by atoms with Crippen LogP contribution in [0.1, 0.15) is 36.5 Å². The number of carbonyl (C=O) groups is 1. The molecule has 0 unspecified atom stereocenters. The zero-order chi connectivity index (χ0) is 18.9. The van der Waals surface area contributed by atoms with Gasteiger partial charge in [-0.2, -0.15) is 0 Å². The first kappa shape index (κ1) is 17.8. The first-order chi connectivity index (χ1) is 13.0. The van der Waals surface area contributed by atoms with Gasteiger partial charge in [-0.25, -0.2) is 0 Å². The van der Waals surface area contributed by atoms with Gasteiger partial charge in [0, 0.05) is 45.0 Å². The van der Waals surface area contributed by atoms with Crippen molar-refractivity contribution in [1.29, 1.82) is 0 Å². The summed E-state index contributed by atoms with van der Waals surface area (Å²) in [5.74, 6) is 0.952. The van der Waals surface area contributed by atoms with Crippen LogP contribution in [0, 0.1) is 0 Å². The lowest BCUT2D eigenvalue weighted by molar-refractivity contribution is -0.119. The molecule has 0 aromatic heterocycles. The Kier molecular flexibility index (Phi) is 4.75. The maximum absolute atomic E-state index is 11.3. The summed E-state index contributed by atoms with van der Waals surface area (Å²) in [5, 5.41) is 2.88. The van der Waals surface area contributed by atoms with E-state index in [1.165, 1.54) is 11.1 Å². The fourth-order valence-electron chi connectivity index (χ4n) is 3.93. The van der Waals surface area contributed by atoms with E-state index in [0.29, 0.717) is 6.54 Å². The van der Waals surface area contributed by atoms with E-state index in [1.807, 2.05) is 6.07 Å². The zero-order valence-electron chi connectivity index (χ0n) is 16.0. The van der Waals surface area contributed by atoms with Crippen LogP contribution in [0.2, 0.25) is 0 Å². The molecule has 4 heteroatoms. The van der Waals surface area contributed by atoms with Crippen LogP contribution in [0.4, 0.5) is 0 Å². The second kappa shape index (κ2) is 7.20. The van der Waals surface area contributed by atoms with Crippen LogP contribution in [-0.4, -0.2) is 36.5 Å². The Morgan fingerprint density at radius 2 is 1.93 bits per heavy atom. The van der Waals surface area contributed by atoms with Crippen LogP contribution in [-0.2, 0) is 11.3 Å². The molecule has 1 amide bonds. The summed E-state index contributed by atoms with van der Waals surface area (Å²) in [5.41, 5.74) is 4.41.